The predicted octanol–water partition coefficient (Wildman–Crippen LogP) is 3.52. The van der Waals surface area contributed by atoms with Gasteiger partial charge < -0.3 is 13.6 Å². The lowest BCUT2D eigenvalue weighted by molar-refractivity contribution is 0.0259. The molecule has 0 spiro atoms. The molecule has 0 aromatic heterocycles. The average molecular weight is 232 g/mol. The largest absolute Gasteiger partial charge is 0.332 e. The molecule has 1 aliphatic heterocycles. The molecule has 1 heterocycles. The lowest BCUT2D eigenvalue weighted by Crippen LogP contribution is -2.31. The van der Waals surface area contributed by atoms with Crippen LogP contribution in [0.4, 0.5) is 0 Å². The van der Waals surface area contributed by atoms with Gasteiger partial charge in [-0.2, -0.15) is 0 Å². The van der Waals surface area contributed by atoms with Crippen LogP contribution in [0.5, 0.6) is 0 Å². The Morgan fingerprint density at radius 1 is 1.40 bits per heavy atom. The van der Waals surface area contributed by atoms with Crippen molar-refractivity contribution in [3.63, 3.8) is 0 Å². The van der Waals surface area contributed by atoms with Gasteiger partial charge in [0.15, 0.2) is 0 Å². The van der Waals surface area contributed by atoms with Gasteiger partial charge in [0.2, 0.25) is 0 Å². The molecular weight excluding hydrogens is 211 g/mol. The van der Waals surface area contributed by atoms with Crippen molar-refractivity contribution in [3.8, 4) is 0 Å². The molecule has 0 aromatic rings. The Morgan fingerprint density at radius 2 is 1.93 bits per heavy atom. The van der Waals surface area contributed by atoms with Gasteiger partial charge in [0.05, 0.1) is 19.8 Å². The number of rotatable bonds is 3. The summed E-state index contributed by atoms with van der Waals surface area (Å²) in [5.74, 6) is 0.449. The van der Waals surface area contributed by atoms with E-state index in [2.05, 4.69) is 27.4 Å². The van der Waals surface area contributed by atoms with Crippen molar-refractivity contribution in [2.45, 2.75) is 27.7 Å². The van der Waals surface area contributed by atoms with Crippen LogP contribution in [0.1, 0.15) is 27.7 Å². The molecule has 0 unspecified atom stereocenters. The molecule has 3 nitrogen and oxygen atoms in total. The first kappa shape index (κ1) is 13.1. The Labute approximate surface area is 93.8 Å². The van der Waals surface area contributed by atoms with Gasteiger partial charge in [0, 0.05) is 5.92 Å². The van der Waals surface area contributed by atoms with Gasteiger partial charge in [-0.1, -0.05) is 32.9 Å². The second-order valence-corrected chi connectivity index (χ2v) is 6.33. The Hall–Kier alpha value is 0.0500. The van der Waals surface area contributed by atoms with E-state index < -0.39 is 8.60 Å². The third kappa shape index (κ3) is 4.60. The van der Waals surface area contributed by atoms with Gasteiger partial charge in [-0.25, -0.2) is 0 Å². The summed E-state index contributed by atoms with van der Waals surface area (Å²) in [5, 5.41) is 0. The lowest BCUT2D eigenvalue weighted by atomic mass is 9.82. The molecule has 0 atom stereocenters. The van der Waals surface area contributed by atoms with E-state index in [4.69, 9.17) is 13.6 Å². The molecule has 0 bridgehead atoms. The maximum Gasteiger partial charge on any atom is 0.332 e. The van der Waals surface area contributed by atoms with E-state index in [-0.39, 0.29) is 5.41 Å². The van der Waals surface area contributed by atoms with Crippen LogP contribution in [0, 0.1) is 11.3 Å². The van der Waals surface area contributed by atoms with Crippen molar-refractivity contribution >= 4 is 8.60 Å². The molecular formula is C11H21O3P. The van der Waals surface area contributed by atoms with E-state index >= 15 is 0 Å². The van der Waals surface area contributed by atoms with Crippen LogP contribution < -0.4 is 0 Å². The van der Waals surface area contributed by atoms with Crippen LogP contribution in [0.3, 0.4) is 0 Å². The average Bonchev–Trinajstić information content (AvgIpc) is 2.14. The van der Waals surface area contributed by atoms with Crippen molar-refractivity contribution in [3.05, 3.63) is 12.2 Å². The third-order valence-corrected chi connectivity index (χ3v) is 3.46. The first-order valence-electron chi connectivity index (χ1n) is 5.23. The van der Waals surface area contributed by atoms with E-state index in [9.17, 15) is 0 Å². The molecule has 0 saturated carbocycles. The molecule has 0 aromatic carbocycles. The Morgan fingerprint density at radius 3 is 2.33 bits per heavy atom. The van der Waals surface area contributed by atoms with Crippen molar-refractivity contribution in [1.82, 2.24) is 0 Å². The van der Waals surface area contributed by atoms with Crippen molar-refractivity contribution in [2.24, 2.45) is 11.3 Å². The summed E-state index contributed by atoms with van der Waals surface area (Å²) >= 11 is 0. The topological polar surface area (TPSA) is 27.7 Å². The van der Waals surface area contributed by atoms with Crippen LogP contribution in [-0.4, -0.2) is 19.8 Å². The molecule has 1 aliphatic rings. The van der Waals surface area contributed by atoms with E-state index in [1.165, 1.54) is 0 Å². The minimum absolute atomic E-state index is 0.232. The SMILES string of the molecule is C=C(C)COP1OCC(C(C)(C)C)CO1. The third-order valence-electron chi connectivity index (χ3n) is 2.40. The summed E-state index contributed by atoms with van der Waals surface area (Å²) in [5.41, 5.74) is 1.22. The zero-order valence-corrected chi connectivity index (χ0v) is 11.0. The summed E-state index contributed by atoms with van der Waals surface area (Å²) in [6, 6.07) is 0. The second kappa shape index (κ2) is 5.40. The molecule has 0 N–H and O–H groups in total. The summed E-state index contributed by atoms with van der Waals surface area (Å²) in [6.45, 7) is 14.3. The van der Waals surface area contributed by atoms with Crippen LogP contribution in [0.2, 0.25) is 0 Å². The Balaban J connectivity index is 2.27. The predicted molar refractivity (Wildman–Crippen MR) is 62.5 cm³/mol. The van der Waals surface area contributed by atoms with Gasteiger partial charge in [-0.3, -0.25) is 0 Å². The fraction of sp³-hybridized carbons (Fsp3) is 0.818. The Kier molecular flexibility index (Phi) is 4.72. The first-order valence-corrected chi connectivity index (χ1v) is 6.32. The highest BCUT2D eigenvalue weighted by molar-refractivity contribution is 7.41. The number of hydrogen-bond donors (Lipinski definition) is 0. The molecule has 1 saturated heterocycles. The molecule has 88 valence electrons. The first-order chi connectivity index (χ1) is 6.89. The summed E-state index contributed by atoms with van der Waals surface area (Å²) in [6.07, 6.45) is 0. The van der Waals surface area contributed by atoms with Crippen molar-refractivity contribution in [1.29, 1.82) is 0 Å². The van der Waals surface area contributed by atoms with E-state index in [1.54, 1.807) is 0 Å². The van der Waals surface area contributed by atoms with Crippen LogP contribution in [0.15, 0.2) is 12.2 Å². The zero-order chi connectivity index (χ0) is 11.5. The molecule has 4 heteroatoms. The minimum Gasteiger partial charge on any atom is -0.312 e. The van der Waals surface area contributed by atoms with Crippen LogP contribution >= 0.6 is 8.60 Å². The molecule has 0 amide bonds. The van der Waals surface area contributed by atoms with E-state index in [0.717, 1.165) is 18.8 Å². The van der Waals surface area contributed by atoms with Crippen LogP contribution in [0.25, 0.3) is 0 Å². The van der Waals surface area contributed by atoms with Gasteiger partial charge in [-0.05, 0) is 12.3 Å². The maximum atomic E-state index is 5.55. The normalized spacial score (nSPS) is 27.7. The number of hydrogen-bond acceptors (Lipinski definition) is 3. The maximum absolute atomic E-state index is 5.55. The molecule has 15 heavy (non-hydrogen) atoms. The summed E-state index contributed by atoms with van der Waals surface area (Å²) < 4.78 is 16.5. The Bertz CT molecular complexity index is 214. The van der Waals surface area contributed by atoms with Crippen molar-refractivity contribution < 1.29 is 13.6 Å². The highest BCUT2D eigenvalue weighted by Crippen LogP contribution is 2.46. The molecule has 1 fully saturated rings. The minimum atomic E-state index is -1.14. The van der Waals surface area contributed by atoms with Gasteiger partial charge in [0.25, 0.3) is 0 Å². The van der Waals surface area contributed by atoms with Gasteiger partial charge >= 0.3 is 8.60 Å². The summed E-state index contributed by atoms with van der Waals surface area (Å²) in [4.78, 5) is 0. The lowest BCUT2D eigenvalue weighted by Gasteiger charge is -2.35. The van der Waals surface area contributed by atoms with Crippen molar-refractivity contribution in [2.75, 3.05) is 19.8 Å². The molecule has 1 rings (SSSR count). The van der Waals surface area contributed by atoms with Gasteiger partial charge in [-0.15, -0.1) is 0 Å². The molecule has 0 aliphatic carbocycles. The van der Waals surface area contributed by atoms with Crippen LogP contribution in [-0.2, 0) is 13.6 Å². The van der Waals surface area contributed by atoms with E-state index in [1.807, 2.05) is 6.92 Å². The highest BCUT2D eigenvalue weighted by atomic mass is 31.2. The fourth-order valence-corrected chi connectivity index (χ4v) is 2.28. The monoisotopic (exact) mass is 232 g/mol. The summed E-state index contributed by atoms with van der Waals surface area (Å²) in [7, 11) is -1.14. The highest BCUT2D eigenvalue weighted by Gasteiger charge is 2.32. The quantitative estimate of drug-likeness (QED) is 0.550. The second-order valence-electron chi connectivity index (χ2n) is 5.11. The fourth-order valence-electron chi connectivity index (χ4n) is 1.12. The zero-order valence-electron chi connectivity index (χ0n) is 10.1. The standard InChI is InChI=1S/C11H21O3P/c1-9(2)6-12-15-13-7-10(8-14-15)11(3,4)5/h10H,1,6-8H2,2-5H3. The molecule has 0 radical (unpaired) electrons. The smallest absolute Gasteiger partial charge is 0.312 e. The van der Waals surface area contributed by atoms with E-state index in [0.29, 0.717) is 12.5 Å². The van der Waals surface area contributed by atoms with Gasteiger partial charge in [0.1, 0.15) is 0 Å².